The topological polar surface area (TPSA) is 29.3 Å². The average Bonchev–Trinajstić information content (AvgIpc) is 2.65. The molecule has 2 aliphatic rings. The number of nitrogens with zero attached hydrogens (tertiary/aromatic N) is 1. The van der Waals surface area contributed by atoms with Crippen molar-refractivity contribution in [3.05, 3.63) is 34.9 Å². The zero-order chi connectivity index (χ0) is 14.3. The molecule has 0 amide bonds. The lowest BCUT2D eigenvalue weighted by Gasteiger charge is -2.38. The summed E-state index contributed by atoms with van der Waals surface area (Å²) in [7, 11) is 2.30. The van der Waals surface area contributed by atoms with Crippen LogP contribution in [0.25, 0.3) is 0 Å². The van der Waals surface area contributed by atoms with Crippen molar-refractivity contribution in [1.29, 1.82) is 0 Å². The van der Waals surface area contributed by atoms with Crippen LogP contribution in [0.3, 0.4) is 0 Å². The van der Waals surface area contributed by atoms with Crippen molar-refractivity contribution < 1.29 is 0 Å². The second-order valence-electron chi connectivity index (χ2n) is 7.07. The number of benzene rings is 1. The van der Waals surface area contributed by atoms with Gasteiger partial charge in [0.05, 0.1) is 0 Å². The second-order valence-corrected chi connectivity index (χ2v) is 7.07. The maximum Gasteiger partial charge on any atom is 0.0109 e. The molecule has 3 unspecified atom stereocenters. The molecule has 0 radical (unpaired) electrons. The van der Waals surface area contributed by atoms with E-state index in [1.54, 1.807) is 0 Å². The maximum absolute atomic E-state index is 6.55. The molecule has 20 heavy (non-hydrogen) atoms. The number of hydrogen-bond acceptors (Lipinski definition) is 2. The van der Waals surface area contributed by atoms with Crippen LogP contribution in [-0.4, -0.2) is 30.1 Å². The van der Waals surface area contributed by atoms with E-state index in [0.717, 1.165) is 18.5 Å². The molecule has 3 rings (SSSR count). The molecular weight excluding hydrogens is 244 g/mol. The van der Waals surface area contributed by atoms with E-state index in [1.807, 2.05) is 0 Å². The third-order valence-electron chi connectivity index (χ3n) is 5.78. The maximum atomic E-state index is 6.55. The third-order valence-corrected chi connectivity index (χ3v) is 5.78. The summed E-state index contributed by atoms with van der Waals surface area (Å²) in [6, 6.07) is 8.73. The summed E-state index contributed by atoms with van der Waals surface area (Å²) >= 11 is 0. The number of fused-ring (bicyclic) bond motifs is 2. The van der Waals surface area contributed by atoms with Crippen molar-refractivity contribution in [3.63, 3.8) is 0 Å². The van der Waals surface area contributed by atoms with Gasteiger partial charge in [0.1, 0.15) is 0 Å². The Kier molecular flexibility index (Phi) is 3.87. The van der Waals surface area contributed by atoms with E-state index in [1.165, 1.54) is 42.4 Å². The summed E-state index contributed by atoms with van der Waals surface area (Å²) in [5.41, 5.74) is 10.7. The summed E-state index contributed by atoms with van der Waals surface area (Å²) in [6.07, 6.45) is 6.41. The van der Waals surface area contributed by atoms with Crippen molar-refractivity contribution in [2.75, 3.05) is 7.05 Å². The molecule has 2 heterocycles. The zero-order valence-electron chi connectivity index (χ0n) is 13.1. The van der Waals surface area contributed by atoms with Gasteiger partial charge in [-0.1, -0.05) is 18.2 Å². The van der Waals surface area contributed by atoms with E-state index in [2.05, 4.69) is 44.0 Å². The molecule has 2 nitrogen and oxygen atoms in total. The van der Waals surface area contributed by atoms with Gasteiger partial charge in [0.25, 0.3) is 0 Å². The van der Waals surface area contributed by atoms with Crippen LogP contribution in [-0.2, 0) is 6.42 Å². The van der Waals surface area contributed by atoms with Crippen LogP contribution in [0.1, 0.15) is 42.4 Å². The molecule has 0 aliphatic carbocycles. The van der Waals surface area contributed by atoms with Gasteiger partial charge in [-0.15, -0.1) is 0 Å². The molecule has 2 aliphatic heterocycles. The summed E-state index contributed by atoms with van der Waals surface area (Å²) < 4.78 is 0. The largest absolute Gasteiger partial charge is 0.327 e. The molecule has 2 bridgehead atoms. The Bertz CT molecular complexity index is 468. The van der Waals surface area contributed by atoms with Gasteiger partial charge in [-0.3, -0.25) is 0 Å². The average molecular weight is 272 g/mol. The molecule has 0 saturated carbocycles. The lowest BCUT2D eigenvalue weighted by atomic mass is 9.83. The Balaban J connectivity index is 1.65. The predicted octanol–water partition coefficient (Wildman–Crippen LogP) is 3.05. The summed E-state index contributed by atoms with van der Waals surface area (Å²) in [5, 5.41) is 0. The van der Waals surface area contributed by atoms with E-state index in [-0.39, 0.29) is 0 Å². The van der Waals surface area contributed by atoms with Crippen molar-refractivity contribution >= 4 is 0 Å². The fourth-order valence-electron chi connectivity index (χ4n) is 4.17. The van der Waals surface area contributed by atoms with Gasteiger partial charge < -0.3 is 10.6 Å². The number of hydrogen-bond donors (Lipinski definition) is 1. The van der Waals surface area contributed by atoms with Gasteiger partial charge in [-0.05, 0) is 75.6 Å². The molecule has 2 fully saturated rings. The molecule has 1 aromatic rings. The SMILES string of the molecule is Cc1ccc(CC(N)C2CC3CCC(C2)N3C)cc1C. The monoisotopic (exact) mass is 272 g/mol. The third kappa shape index (κ3) is 2.64. The first-order valence-electron chi connectivity index (χ1n) is 8.08. The van der Waals surface area contributed by atoms with Crippen LogP contribution in [0, 0.1) is 19.8 Å². The molecular formula is C18H28N2. The molecule has 2 saturated heterocycles. The lowest BCUT2D eigenvalue weighted by Crippen LogP contribution is -2.46. The number of rotatable bonds is 3. The van der Waals surface area contributed by atoms with Gasteiger partial charge in [0, 0.05) is 18.1 Å². The van der Waals surface area contributed by atoms with E-state index < -0.39 is 0 Å². The van der Waals surface area contributed by atoms with Crippen molar-refractivity contribution in [1.82, 2.24) is 4.90 Å². The highest BCUT2D eigenvalue weighted by atomic mass is 15.2. The summed E-state index contributed by atoms with van der Waals surface area (Å²) in [6.45, 7) is 4.37. The second kappa shape index (κ2) is 5.50. The highest BCUT2D eigenvalue weighted by Crippen LogP contribution is 2.38. The van der Waals surface area contributed by atoms with Gasteiger partial charge in [-0.2, -0.15) is 0 Å². The molecule has 110 valence electrons. The van der Waals surface area contributed by atoms with Gasteiger partial charge >= 0.3 is 0 Å². The van der Waals surface area contributed by atoms with E-state index in [4.69, 9.17) is 5.73 Å². The minimum Gasteiger partial charge on any atom is -0.327 e. The van der Waals surface area contributed by atoms with Crippen LogP contribution < -0.4 is 5.73 Å². The molecule has 3 atom stereocenters. The Morgan fingerprint density at radius 1 is 1.15 bits per heavy atom. The molecule has 0 spiro atoms. The van der Waals surface area contributed by atoms with Crippen LogP contribution >= 0.6 is 0 Å². The lowest BCUT2D eigenvalue weighted by molar-refractivity contribution is 0.120. The minimum atomic E-state index is 0.328. The number of piperidine rings is 1. The highest BCUT2D eigenvalue weighted by molar-refractivity contribution is 5.30. The molecule has 2 heteroatoms. The van der Waals surface area contributed by atoms with E-state index in [0.29, 0.717) is 12.0 Å². The fraction of sp³-hybridized carbons (Fsp3) is 0.667. The molecule has 0 aromatic heterocycles. The van der Waals surface area contributed by atoms with Gasteiger partial charge in [0.15, 0.2) is 0 Å². The number of aryl methyl sites for hydroxylation is 2. The Hall–Kier alpha value is -0.860. The summed E-state index contributed by atoms with van der Waals surface area (Å²) in [4.78, 5) is 2.60. The smallest absolute Gasteiger partial charge is 0.0109 e. The zero-order valence-corrected chi connectivity index (χ0v) is 13.1. The Morgan fingerprint density at radius 3 is 2.40 bits per heavy atom. The number of nitrogens with two attached hydrogens (primary N) is 1. The van der Waals surface area contributed by atoms with Crippen LogP contribution in [0.15, 0.2) is 18.2 Å². The van der Waals surface area contributed by atoms with Crippen molar-refractivity contribution in [2.24, 2.45) is 11.7 Å². The minimum absolute atomic E-state index is 0.328. The van der Waals surface area contributed by atoms with E-state index >= 15 is 0 Å². The normalized spacial score (nSPS) is 31.5. The first kappa shape index (κ1) is 14.1. The van der Waals surface area contributed by atoms with Gasteiger partial charge in [-0.25, -0.2) is 0 Å². The standard InChI is InChI=1S/C18H28N2/c1-12-4-5-14(8-13(12)2)9-18(19)15-10-16-6-7-17(11-15)20(16)3/h4-5,8,15-18H,6-7,9-11,19H2,1-3H3. The predicted molar refractivity (Wildman–Crippen MR) is 84.9 cm³/mol. The Labute approximate surface area is 123 Å². The van der Waals surface area contributed by atoms with Crippen molar-refractivity contribution in [2.45, 2.75) is 64.1 Å². The van der Waals surface area contributed by atoms with Crippen LogP contribution in [0.2, 0.25) is 0 Å². The van der Waals surface area contributed by atoms with E-state index in [9.17, 15) is 0 Å². The highest BCUT2D eigenvalue weighted by Gasteiger charge is 2.40. The van der Waals surface area contributed by atoms with Crippen LogP contribution in [0.5, 0.6) is 0 Å². The van der Waals surface area contributed by atoms with Crippen LogP contribution in [0.4, 0.5) is 0 Å². The van der Waals surface area contributed by atoms with Gasteiger partial charge in [0.2, 0.25) is 0 Å². The fourth-order valence-corrected chi connectivity index (χ4v) is 4.17. The van der Waals surface area contributed by atoms with Crippen molar-refractivity contribution in [3.8, 4) is 0 Å². The quantitative estimate of drug-likeness (QED) is 0.916. The molecule has 2 N–H and O–H groups in total. The molecule has 1 aromatic carbocycles. The first-order valence-corrected chi connectivity index (χ1v) is 8.08. The first-order chi connectivity index (χ1) is 9.54. The Morgan fingerprint density at radius 2 is 1.80 bits per heavy atom. The summed E-state index contributed by atoms with van der Waals surface area (Å²) in [5.74, 6) is 0.713.